The number of alkyl halides is 2. The molecule has 0 heterocycles. The summed E-state index contributed by atoms with van der Waals surface area (Å²) in [6, 6.07) is 0.433. The zero-order valence-electron chi connectivity index (χ0n) is 8.93. The predicted octanol–water partition coefficient (Wildman–Crippen LogP) is 2.06. The largest absolute Gasteiger partial charge is 0.305 e. The van der Waals surface area contributed by atoms with Crippen molar-refractivity contribution >= 4 is 23.2 Å². The summed E-state index contributed by atoms with van der Waals surface area (Å²) >= 11 is 11.9. The van der Waals surface area contributed by atoms with E-state index in [0.29, 0.717) is 11.9 Å². The van der Waals surface area contributed by atoms with Crippen LogP contribution in [0.25, 0.3) is 0 Å². The highest BCUT2D eigenvalue weighted by Crippen LogP contribution is 2.13. The van der Waals surface area contributed by atoms with Crippen LogP contribution in [0, 0.1) is 0 Å². The summed E-state index contributed by atoms with van der Waals surface area (Å²) in [5, 5.41) is 0. The van der Waals surface area contributed by atoms with E-state index >= 15 is 0 Å². The van der Waals surface area contributed by atoms with Gasteiger partial charge in [-0.1, -0.05) is 0 Å². The summed E-state index contributed by atoms with van der Waals surface area (Å²) in [7, 11) is 8.07. The minimum absolute atomic E-state index is 0.116. The van der Waals surface area contributed by atoms with E-state index < -0.39 is 0 Å². The highest BCUT2D eigenvalue weighted by molar-refractivity contribution is 6.20. The van der Waals surface area contributed by atoms with Gasteiger partial charge in [-0.2, -0.15) is 0 Å². The molecule has 0 aliphatic carbocycles. The van der Waals surface area contributed by atoms with Crippen LogP contribution in [0.4, 0.5) is 0 Å². The fourth-order valence-electron chi connectivity index (χ4n) is 1.06. The van der Waals surface area contributed by atoms with Gasteiger partial charge >= 0.3 is 0 Å². The van der Waals surface area contributed by atoms with Gasteiger partial charge in [-0.15, -0.1) is 23.2 Å². The molecule has 4 heteroatoms. The Balaban J connectivity index is 3.72. The molecular weight excluding hydrogens is 207 g/mol. The smallest absolute Gasteiger partial charge is 0.0846 e. The van der Waals surface area contributed by atoms with Crippen molar-refractivity contribution < 1.29 is 0 Å². The first-order valence-corrected chi connectivity index (χ1v) is 5.49. The second kappa shape index (κ2) is 6.88. The molecule has 0 aliphatic rings. The van der Waals surface area contributed by atoms with Gasteiger partial charge in [0.15, 0.2) is 0 Å². The molecule has 0 saturated carbocycles. The zero-order chi connectivity index (χ0) is 10.4. The molecule has 2 atom stereocenters. The minimum atomic E-state index is 0.116. The van der Waals surface area contributed by atoms with E-state index in [1.807, 2.05) is 33.1 Å². The molecule has 0 bridgehead atoms. The van der Waals surface area contributed by atoms with Crippen LogP contribution in [0.15, 0.2) is 0 Å². The zero-order valence-corrected chi connectivity index (χ0v) is 10.4. The highest BCUT2D eigenvalue weighted by atomic mass is 35.5. The second-order valence-electron chi connectivity index (χ2n) is 3.75. The molecule has 0 amide bonds. The monoisotopic (exact) mass is 226 g/mol. The molecule has 0 rings (SSSR count). The van der Waals surface area contributed by atoms with E-state index in [2.05, 4.69) is 4.90 Å². The maximum Gasteiger partial charge on any atom is 0.0846 e. The molecule has 0 saturated heterocycles. The Morgan fingerprint density at radius 2 is 1.54 bits per heavy atom. The number of halogens is 2. The molecule has 0 aliphatic heterocycles. The topological polar surface area (TPSA) is 6.48 Å². The van der Waals surface area contributed by atoms with Gasteiger partial charge in [-0.05, 0) is 41.0 Å². The Hall–Kier alpha value is 0.500. The van der Waals surface area contributed by atoms with Crippen LogP contribution in [0.1, 0.15) is 12.8 Å². The fraction of sp³-hybridized carbons (Fsp3) is 1.00. The summed E-state index contributed by atoms with van der Waals surface area (Å²) in [6.45, 7) is 0. The first-order valence-electron chi connectivity index (χ1n) is 4.52. The van der Waals surface area contributed by atoms with Crippen LogP contribution in [0.2, 0.25) is 0 Å². The third kappa shape index (κ3) is 5.74. The van der Waals surface area contributed by atoms with Crippen molar-refractivity contribution in [1.29, 1.82) is 0 Å². The number of nitrogens with zero attached hydrogens (tertiary/aromatic N) is 2. The second-order valence-corrected chi connectivity index (χ2v) is 4.56. The van der Waals surface area contributed by atoms with Gasteiger partial charge in [0.25, 0.3) is 0 Å². The lowest BCUT2D eigenvalue weighted by molar-refractivity contribution is 0.272. The molecule has 13 heavy (non-hydrogen) atoms. The Morgan fingerprint density at radius 1 is 1.00 bits per heavy atom. The Bertz CT molecular complexity index is 129. The van der Waals surface area contributed by atoms with E-state index in [4.69, 9.17) is 23.2 Å². The average Bonchev–Trinajstić information content (AvgIpc) is 2.04. The molecule has 80 valence electrons. The predicted molar refractivity (Wildman–Crippen MR) is 60.8 cm³/mol. The van der Waals surface area contributed by atoms with Crippen molar-refractivity contribution in [2.75, 3.05) is 34.1 Å². The number of hydrogen-bond donors (Lipinski definition) is 0. The van der Waals surface area contributed by atoms with Crippen molar-refractivity contribution in [3.05, 3.63) is 0 Å². The summed E-state index contributed by atoms with van der Waals surface area (Å²) in [6.07, 6.45) is 2.02. The molecule has 0 spiro atoms. The van der Waals surface area contributed by atoms with Crippen molar-refractivity contribution in [1.82, 2.24) is 9.80 Å². The van der Waals surface area contributed by atoms with Gasteiger partial charge in [0.2, 0.25) is 0 Å². The Labute approximate surface area is 91.8 Å². The molecular formula is C9H20Cl2N2. The highest BCUT2D eigenvalue weighted by Gasteiger charge is 2.13. The molecule has 0 radical (unpaired) electrons. The summed E-state index contributed by atoms with van der Waals surface area (Å²) in [5.41, 5.74) is 0.116. The van der Waals surface area contributed by atoms with Crippen LogP contribution in [0.5, 0.6) is 0 Å². The van der Waals surface area contributed by atoms with Crippen molar-refractivity contribution in [2.45, 2.75) is 24.4 Å². The fourth-order valence-corrected chi connectivity index (χ4v) is 1.62. The summed E-state index contributed by atoms with van der Waals surface area (Å²) < 4.78 is 0. The number of rotatable bonds is 6. The van der Waals surface area contributed by atoms with Crippen LogP contribution in [0.3, 0.4) is 0 Å². The molecule has 2 nitrogen and oxygen atoms in total. The van der Waals surface area contributed by atoms with Crippen molar-refractivity contribution in [3.63, 3.8) is 0 Å². The lowest BCUT2D eigenvalue weighted by Gasteiger charge is -2.24. The first-order chi connectivity index (χ1) is 5.99. The van der Waals surface area contributed by atoms with Crippen LogP contribution < -0.4 is 0 Å². The average molecular weight is 227 g/mol. The van der Waals surface area contributed by atoms with Gasteiger partial charge in [0.05, 0.1) is 5.50 Å². The molecule has 0 aromatic rings. The maximum absolute atomic E-state index is 6.09. The van der Waals surface area contributed by atoms with Gasteiger partial charge in [-0.3, -0.25) is 4.90 Å². The van der Waals surface area contributed by atoms with E-state index in [-0.39, 0.29) is 5.50 Å². The maximum atomic E-state index is 6.09. The summed E-state index contributed by atoms with van der Waals surface area (Å²) in [5.74, 6) is 0.671. The van der Waals surface area contributed by atoms with E-state index in [0.717, 1.165) is 12.8 Å². The quantitative estimate of drug-likeness (QED) is 0.506. The number of hydrogen-bond acceptors (Lipinski definition) is 2. The summed E-state index contributed by atoms with van der Waals surface area (Å²) in [4.78, 5) is 4.16. The normalized spacial score (nSPS) is 16.6. The molecule has 2 unspecified atom stereocenters. The molecule has 0 N–H and O–H groups in total. The van der Waals surface area contributed by atoms with Crippen molar-refractivity contribution in [2.24, 2.45) is 0 Å². The van der Waals surface area contributed by atoms with Gasteiger partial charge < -0.3 is 4.90 Å². The molecule has 0 fully saturated rings. The van der Waals surface area contributed by atoms with E-state index in [1.54, 1.807) is 0 Å². The van der Waals surface area contributed by atoms with Crippen LogP contribution >= 0.6 is 23.2 Å². The standard InChI is InChI=1S/C9H20Cl2N2/c1-12(2)8(7-10)5-6-9(11)13(3)4/h8-9H,5-7H2,1-4H3. The lowest BCUT2D eigenvalue weighted by Crippen LogP contribution is -2.32. The Morgan fingerprint density at radius 3 is 1.85 bits per heavy atom. The van der Waals surface area contributed by atoms with E-state index in [1.165, 1.54) is 0 Å². The van der Waals surface area contributed by atoms with Crippen LogP contribution in [-0.4, -0.2) is 55.4 Å². The third-order valence-corrected chi connectivity index (χ3v) is 3.17. The van der Waals surface area contributed by atoms with Gasteiger partial charge in [0, 0.05) is 11.9 Å². The molecule has 0 aromatic heterocycles. The van der Waals surface area contributed by atoms with Crippen LogP contribution in [-0.2, 0) is 0 Å². The van der Waals surface area contributed by atoms with Gasteiger partial charge in [0.1, 0.15) is 0 Å². The van der Waals surface area contributed by atoms with Crippen molar-refractivity contribution in [3.8, 4) is 0 Å². The third-order valence-electron chi connectivity index (χ3n) is 2.21. The lowest BCUT2D eigenvalue weighted by atomic mass is 10.1. The van der Waals surface area contributed by atoms with E-state index in [9.17, 15) is 0 Å². The van der Waals surface area contributed by atoms with Gasteiger partial charge in [-0.25, -0.2) is 0 Å². The molecule has 0 aromatic carbocycles. The minimum Gasteiger partial charge on any atom is -0.305 e. The Kier molecular flexibility index (Phi) is 7.15. The first kappa shape index (κ1) is 13.5. The SMILES string of the molecule is CN(C)C(Cl)CCC(CCl)N(C)C.